The summed E-state index contributed by atoms with van der Waals surface area (Å²) in [6.07, 6.45) is 0. The lowest BCUT2D eigenvalue weighted by Gasteiger charge is -1.97. The maximum atomic E-state index is 5.25. The number of halogens is 1. The smallest absolute Gasteiger partial charge is 0.120 e. The number of hydrogen-bond acceptors (Lipinski definition) is 2. The summed E-state index contributed by atoms with van der Waals surface area (Å²) in [5.41, 5.74) is 1.25. The number of hydrogen-bond donors (Lipinski definition) is 0. The van der Waals surface area contributed by atoms with E-state index in [0.717, 1.165) is 10.2 Å². The van der Waals surface area contributed by atoms with Gasteiger partial charge >= 0.3 is 0 Å². The Morgan fingerprint density at radius 3 is 2.50 bits per heavy atom. The Balaban J connectivity index is 2.10. The third-order valence-corrected chi connectivity index (χ3v) is 4.53. The third-order valence-electron chi connectivity index (χ3n) is 2.86. The number of benzene rings is 2. The summed E-state index contributed by atoms with van der Waals surface area (Å²) in [4.78, 5) is 1.28. The molecule has 0 unspecified atom stereocenters. The molecule has 0 saturated heterocycles. The van der Waals surface area contributed by atoms with Gasteiger partial charge < -0.3 is 4.74 Å². The summed E-state index contributed by atoms with van der Waals surface area (Å²) in [5.74, 6) is 0.909. The normalized spacial score (nSPS) is 10.8. The molecule has 2 aromatic carbocycles. The Bertz CT molecular complexity index is 685. The Hall–Kier alpha value is -1.32. The summed E-state index contributed by atoms with van der Waals surface area (Å²) in [7, 11) is 1.70. The lowest BCUT2D eigenvalue weighted by Crippen LogP contribution is -1.79. The minimum Gasteiger partial charge on any atom is -0.497 e. The first-order valence-electron chi connectivity index (χ1n) is 5.60. The van der Waals surface area contributed by atoms with Gasteiger partial charge in [0.05, 0.1) is 7.11 Å². The van der Waals surface area contributed by atoms with E-state index in [9.17, 15) is 0 Å². The average molecular weight is 319 g/mol. The lowest BCUT2D eigenvalue weighted by atomic mass is 10.1. The van der Waals surface area contributed by atoms with Gasteiger partial charge in [0.2, 0.25) is 0 Å². The van der Waals surface area contributed by atoms with E-state index in [1.807, 2.05) is 6.07 Å². The highest BCUT2D eigenvalue weighted by molar-refractivity contribution is 9.10. The zero-order valence-electron chi connectivity index (χ0n) is 9.81. The summed E-state index contributed by atoms with van der Waals surface area (Å²) in [6.45, 7) is 0. The molecule has 0 atom stereocenters. The molecular formula is C15H11BrOS. The van der Waals surface area contributed by atoms with E-state index in [-0.39, 0.29) is 0 Å². The van der Waals surface area contributed by atoms with Crippen LogP contribution < -0.4 is 4.74 Å². The number of methoxy groups -OCH3 is 1. The van der Waals surface area contributed by atoms with Crippen molar-refractivity contribution in [1.29, 1.82) is 0 Å². The van der Waals surface area contributed by atoms with Crippen LogP contribution in [0.1, 0.15) is 0 Å². The minimum atomic E-state index is 0.909. The van der Waals surface area contributed by atoms with E-state index in [4.69, 9.17) is 4.74 Å². The molecule has 3 aromatic rings. The van der Waals surface area contributed by atoms with E-state index < -0.39 is 0 Å². The molecule has 0 amide bonds. The summed E-state index contributed by atoms with van der Waals surface area (Å²) in [5, 5.41) is 1.26. The van der Waals surface area contributed by atoms with Gasteiger partial charge in [-0.05, 0) is 47.3 Å². The maximum Gasteiger partial charge on any atom is 0.120 e. The van der Waals surface area contributed by atoms with Gasteiger partial charge in [0.25, 0.3) is 0 Å². The number of fused-ring (bicyclic) bond motifs is 1. The van der Waals surface area contributed by atoms with Crippen LogP contribution in [0, 0.1) is 0 Å². The summed E-state index contributed by atoms with van der Waals surface area (Å²) < 4.78 is 7.62. The van der Waals surface area contributed by atoms with Gasteiger partial charge in [-0.1, -0.05) is 28.1 Å². The molecule has 0 N–H and O–H groups in total. The van der Waals surface area contributed by atoms with Crippen LogP contribution in [-0.2, 0) is 0 Å². The molecule has 90 valence electrons. The molecule has 0 aliphatic rings. The molecule has 0 spiro atoms. The highest BCUT2D eigenvalue weighted by atomic mass is 79.9. The van der Waals surface area contributed by atoms with Crippen molar-refractivity contribution in [1.82, 2.24) is 0 Å². The molecule has 3 rings (SSSR count). The number of thiophene rings is 1. The van der Waals surface area contributed by atoms with Gasteiger partial charge in [-0.25, -0.2) is 0 Å². The molecule has 1 nitrogen and oxygen atoms in total. The molecule has 0 aliphatic carbocycles. The van der Waals surface area contributed by atoms with Crippen molar-refractivity contribution in [3.63, 3.8) is 0 Å². The van der Waals surface area contributed by atoms with Crippen LogP contribution in [0.25, 0.3) is 20.5 Å². The van der Waals surface area contributed by atoms with Crippen LogP contribution >= 0.6 is 27.3 Å². The van der Waals surface area contributed by atoms with Gasteiger partial charge in [-0.15, -0.1) is 11.3 Å². The van der Waals surface area contributed by atoms with Crippen molar-refractivity contribution < 1.29 is 4.74 Å². The van der Waals surface area contributed by atoms with Gasteiger partial charge in [-0.2, -0.15) is 0 Å². The monoisotopic (exact) mass is 318 g/mol. The Morgan fingerprint density at radius 1 is 1.00 bits per heavy atom. The van der Waals surface area contributed by atoms with Gasteiger partial charge in [0, 0.05) is 14.0 Å². The fourth-order valence-corrected chi connectivity index (χ4v) is 3.26. The first-order chi connectivity index (χ1) is 8.76. The van der Waals surface area contributed by atoms with Crippen LogP contribution in [0.5, 0.6) is 5.75 Å². The number of rotatable bonds is 2. The molecular weight excluding hydrogens is 308 g/mol. The van der Waals surface area contributed by atoms with E-state index >= 15 is 0 Å². The van der Waals surface area contributed by atoms with Crippen molar-refractivity contribution in [3.05, 3.63) is 53.0 Å². The Morgan fingerprint density at radius 2 is 1.78 bits per heavy atom. The molecule has 3 heteroatoms. The van der Waals surface area contributed by atoms with Crippen LogP contribution in [0.3, 0.4) is 0 Å². The fraction of sp³-hybridized carbons (Fsp3) is 0.0667. The second kappa shape index (κ2) is 4.75. The molecule has 0 saturated carbocycles. The van der Waals surface area contributed by atoms with Gasteiger partial charge in [0.1, 0.15) is 5.75 Å². The minimum absolute atomic E-state index is 0.909. The van der Waals surface area contributed by atoms with Crippen molar-refractivity contribution in [3.8, 4) is 16.2 Å². The molecule has 1 heterocycles. The molecule has 18 heavy (non-hydrogen) atoms. The SMILES string of the molecule is COc1ccc2cc(-c3ccc(Br)cc3)sc2c1. The maximum absolute atomic E-state index is 5.25. The second-order valence-electron chi connectivity index (χ2n) is 4.02. The zero-order chi connectivity index (χ0) is 12.5. The van der Waals surface area contributed by atoms with Crippen LogP contribution in [-0.4, -0.2) is 7.11 Å². The molecule has 0 aliphatic heterocycles. The Labute approximate surface area is 118 Å². The average Bonchev–Trinajstić information content (AvgIpc) is 2.82. The quantitative estimate of drug-likeness (QED) is 0.619. The van der Waals surface area contributed by atoms with Crippen molar-refractivity contribution in [2.75, 3.05) is 7.11 Å². The van der Waals surface area contributed by atoms with Crippen molar-refractivity contribution >= 4 is 37.4 Å². The van der Waals surface area contributed by atoms with E-state index in [0.29, 0.717) is 0 Å². The van der Waals surface area contributed by atoms with E-state index in [2.05, 4.69) is 58.4 Å². The molecule has 0 bridgehead atoms. The van der Waals surface area contributed by atoms with Gasteiger partial charge in [0.15, 0.2) is 0 Å². The first kappa shape index (κ1) is 11.8. The summed E-state index contributed by atoms with van der Waals surface area (Å²) >= 11 is 5.25. The zero-order valence-corrected chi connectivity index (χ0v) is 12.2. The van der Waals surface area contributed by atoms with Crippen LogP contribution in [0.2, 0.25) is 0 Å². The molecule has 1 aromatic heterocycles. The highest BCUT2D eigenvalue weighted by Gasteiger charge is 2.05. The second-order valence-corrected chi connectivity index (χ2v) is 6.02. The molecule has 0 fully saturated rings. The standard InChI is InChI=1S/C15H11BrOS/c1-17-13-7-4-11-8-14(18-15(11)9-13)10-2-5-12(16)6-3-10/h2-9H,1H3. The molecule has 0 radical (unpaired) electrons. The highest BCUT2D eigenvalue weighted by Crippen LogP contribution is 2.35. The predicted molar refractivity (Wildman–Crippen MR) is 81.5 cm³/mol. The van der Waals surface area contributed by atoms with Gasteiger partial charge in [-0.3, -0.25) is 0 Å². The number of ether oxygens (including phenoxy) is 1. The van der Waals surface area contributed by atoms with Crippen LogP contribution in [0.15, 0.2) is 53.0 Å². The lowest BCUT2D eigenvalue weighted by molar-refractivity contribution is 0.415. The fourth-order valence-electron chi connectivity index (χ4n) is 1.89. The topological polar surface area (TPSA) is 9.23 Å². The predicted octanol–water partition coefficient (Wildman–Crippen LogP) is 5.34. The van der Waals surface area contributed by atoms with E-state index in [1.165, 1.54) is 20.5 Å². The first-order valence-corrected chi connectivity index (χ1v) is 7.21. The largest absolute Gasteiger partial charge is 0.497 e. The van der Waals surface area contributed by atoms with Crippen molar-refractivity contribution in [2.24, 2.45) is 0 Å². The summed E-state index contributed by atoms with van der Waals surface area (Å²) in [6, 6.07) is 16.8. The van der Waals surface area contributed by atoms with E-state index in [1.54, 1.807) is 18.4 Å². The van der Waals surface area contributed by atoms with Crippen LogP contribution in [0.4, 0.5) is 0 Å². The third kappa shape index (κ3) is 2.16. The Kier molecular flexibility index (Phi) is 3.10. The van der Waals surface area contributed by atoms with Crippen molar-refractivity contribution in [2.45, 2.75) is 0 Å².